The van der Waals surface area contributed by atoms with E-state index in [1.807, 2.05) is 11.8 Å². The summed E-state index contributed by atoms with van der Waals surface area (Å²) in [5.74, 6) is 0.524. The van der Waals surface area contributed by atoms with E-state index in [2.05, 4.69) is 5.16 Å². The fraction of sp³-hybridized carbons (Fsp3) is 0.615. The van der Waals surface area contributed by atoms with E-state index in [0.29, 0.717) is 19.0 Å². The molecule has 6 heteroatoms. The summed E-state index contributed by atoms with van der Waals surface area (Å²) >= 11 is 0. The monoisotopic (exact) mass is 263 g/mol. The first-order valence-electron chi connectivity index (χ1n) is 6.69. The fourth-order valence-electron chi connectivity index (χ4n) is 3.07. The summed E-state index contributed by atoms with van der Waals surface area (Å²) in [4.78, 5) is 28.0. The van der Waals surface area contributed by atoms with Crippen molar-refractivity contribution >= 4 is 11.8 Å². The van der Waals surface area contributed by atoms with Crippen LogP contribution in [0.5, 0.6) is 0 Å². The third-order valence-electron chi connectivity index (χ3n) is 4.16. The number of hydrogen-bond donors (Lipinski definition) is 0. The minimum atomic E-state index is -0.164. The van der Waals surface area contributed by atoms with Crippen LogP contribution in [0.25, 0.3) is 0 Å². The number of carbonyl (C=O) groups is 2. The number of amides is 2. The molecule has 3 heterocycles. The molecule has 0 aromatic carbocycles. The average molecular weight is 263 g/mol. The van der Waals surface area contributed by atoms with Gasteiger partial charge in [-0.1, -0.05) is 5.16 Å². The first-order valence-corrected chi connectivity index (χ1v) is 6.69. The molecule has 2 fully saturated rings. The summed E-state index contributed by atoms with van der Waals surface area (Å²) in [7, 11) is 0. The van der Waals surface area contributed by atoms with Gasteiger partial charge in [-0.2, -0.15) is 0 Å². The van der Waals surface area contributed by atoms with Gasteiger partial charge in [-0.25, -0.2) is 0 Å². The zero-order valence-corrected chi connectivity index (χ0v) is 10.9. The highest BCUT2D eigenvalue weighted by molar-refractivity contribution is 5.92. The van der Waals surface area contributed by atoms with Crippen molar-refractivity contribution in [3.8, 4) is 0 Å². The maximum atomic E-state index is 12.2. The van der Waals surface area contributed by atoms with Crippen molar-refractivity contribution in [3.63, 3.8) is 0 Å². The zero-order chi connectivity index (χ0) is 13.4. The largest absolute Gasteiger partial charge is 0.351 e. The molecule has 6 nitrogen and oxygen atoms in total. The summed E-state index contributed by atoms with van der Waals surface area (Å²) < 4.78 is 4.89. The van der Waals surface area contributed by atoms with Gasteiger partial charge >= 0.3 is 0 Å². The highest BCUT2D eigenvalue weighted by Crippen LogP contribution is 2.32. The molecule has 2 amide bonds. The van der Waals surface area contributed by atoms with E-state index in [9.17, 15) is 9.59 Å². The Kier molecular flexibility index (Phi) is 3.00. The van der Waals surface area contributed by atoms with Gasteiger partial charge in [0.05, 0.1) is 12.1 Å². The molecule has 3 rings (SSSR count). The van der Waals surface area contributed by atoms with E-state index in [1.54, 1.807) is 11.0 Å². The van der Waals surface area contributed by atoms with Gasteiger partial charge in [0, 0.05) is 32.2 Å². The number of likely N-dealkylation sites (tertiary alicyclic amines) is 2. The summed E-state index contributed by atoms with van der Waals surface area (Å²) in [6.07, 6.45) is 2.44. The predicted octanol–water partition coefficient (Wildman–Crippen LogP) is 0.615. The van der Waals surface area contributed by atoms with Crippen molar-refractivity contribution in [2.75, 3.05) is 26.2 Å². The highest BCUT2D eigenvalue weighted by Gasteiger charge is 2.44. The summed E-state index contributed by atoms with van der Waals surface area (Å²) in [6.45, 7) is 4.69. The van der Waals surface area contributed by atoms with Crippen molar-refractivity contribution in [3.05, 3.63) is 18.0 Å². The number of fused-ring (bicyclic) bond motifs is 1. The smallest absolute Gasteiger partial charge is 0.292 e. The Labute approximate surface area is 111 Å². The lowest BCUT2D eigenvalue weighted by Crippen LogP contribution is -2.45. The van der Waals surface area contributed by atoms with Crippen LogP contribution in [-0.2, 0) is 4.79 Å². The number of nitrogens with zero attached hydrogens (tertiary/aromatic N) is 3. The molecule has 0 bridgehead atoms. The molecule has 0 aliphatic carbocycles. The molecular formula is C13H17N3O3. The highest BCUT2D eigenvalue weighted by atomic mass is 16.5. The molecule has 0 spiro atoms. The van der Waals surface area contributed by atoms with Crippen LogP contribution in [0.4, 0.5) is 0 Å². The maximum Gasteiger partial charge on any atom is 0.292 e. The Bertz CT molecular complexity index is 485. The predicted molar refractivity (Wildman–Crippen MR) is 66.3 cm³/mol. The van der Waals surface area contributed by atoms with Crippen molar-refractivity contribution in [1.29, 1.82) is 0 Å². The summed E-state index contributed by atoms with van der Waals surface area (Å²) in [6, 6.07) is 1.56. The van der Waals surface area contributed by atoms with Gasteiger partial charge in [-0.3, -0.25) is 9.59 Å². The van der Waals surface area contributed by atoms with Gasteiger partial charge in [0.2, 0.25) is 11.7 Å². The van der Waals surface area contributed by atoms with E-state index < -0.39 is 0 Å². The summed E-state index contributed by atoms with van der Waals surface area (Å²) in [5, 5.41) is 3.55. The maximum absolute atomic E-state index is 12.2. The number of piperidine rings is 1. The average Bonchev–Trinajstić information content (AvgIpc) is 3.08. The topological polar surface area (TPSA) is 66.7 Å². The third kappa shape index (κ3) is 2.01. The van der Waals surface area contributed by atoms with Crippen molar-refractivity contribution < 1.29 is 14.1 Å². The summed E-state index contributed by atoms with van der Waals surface area (Å²) in [5.41, 5.74) is 0. The second-order valence-corrected chi connectivity index (χ2v) is 5.16. The zero-order valence-electron chi connectivity index (χ0n) is 10.9. The minimum Gasteiger partial charge on any atom is -0.351 e. The van der Waals surface area contributed by atoms with Gasteiger partial charge in [0.15, 0.2) is 0 Å². The standard InChI is InChI=1S/C13H17N3O3/c1-2-15-6-4-9-7-16(8-10(9)12(15)17)13(18)11-3-5-14-19-11/h3,5,9-10H,2,4,6-8H2,1H3. The second-order valence-electron chi connectivity index (χ2n) is 5.16. The molecule has 0 saturated carbocycles. The Hall–Kier alpha value is -1.85. The van der Waals surface area contributed by atoms with Gasteiger partial charge < -0.3 is 14.3 Å². The molecule has 2 aliphatic heterocycles. The van der Waals surface area contributed by atoms with Crippen LogP contribution in [0.15, 0.2) is 16.8 Å². The van der Waals surface area contributed by atoms with Crippen molar-refractivity contribution in [2.24, 2.45) is 11.8 Å². The molecule has 2 aliphatic rings. The van der Waals surface area contributed by atoms with Crippen LogP contribution in [0.3, 0.4) is 0 Å². The van der Waals surface area contributed by atoms with Crippen LogP contribution in [-0.4, -0.2) is 52.9 Å². The van der Waals surface area contributed by atoms with E-state index in [0.717, 1.165) is 19.5 Å². The van der Waals surface area contributed by atoms with Gasteiger partial charge in [-0.15, -0.1) is 0 Å². The lowest BCUT2D eigenvalue weighted by atomic mass is 9.88. The fourth-order valence-corrected chi connectivity index (χ4v) is 3.07. The van der Waals surface area contributed by atoms with Gasteiger partial charge in [-0.05, 0) is 19.3 Å². The van der Waals surface area contributed by atoms with E-state index in [4.69, 9.17) is 4.52 Å². The van der Waals surface area contributed by atoms with E-state index in [1.165, 1.54) is 6.20 Å². The molecule has 0 radical (unpaired) electrons. The first kappa shape index (κ1) is 12.2. The minimum absolute atomic E-state index is 0.0411. The number of rotatable bonds is 2. The van der Waals surface area contributed by atoms with Crippen LogP contribution < -0.4 is 0 Å². The van der Waals surface area contributed by atoms with Gasteiger partial charge in [0.25, 0.3) is 5.91 Å². The quantitative estimate of drug-likeness (QED) is 0.784. The SMILES string of the molecule is CCN1CCC2CN(C(=O)c3ccno3)CC2C1=O. The number of carbonyl (C=O) groups excluding carboxylic acids is 2. The van der Waals surface area contributed by atoms with Crippen LogP contribution >= 0.6 is 0 Å². The molecule has 2 unspecified atom stereocenters. The van der Waals surface area contributed by atoms with Gasteiger partial charge in [0.1, 0.15) is 0 Å². The normalized spacial score (nSPS) is 26.7. The molecule has 1 aromatic heterocycles. The molecule has 0 N–H and O–H groups in total. The number of aromatic nitrogens is 1. The van der Waals surface area contributed by atoms with Crippen molar-refractivity contribution in [2.45, 2.75) is 13.3 Å². The Morgan fingerprint density at radius 1 is 1.53 bits per heavy atom. The second kappa shape index (κ2) is 4.68. The Morgan fingerprint density at radius 2 is 2.37 bits per heavy atom. The lowest BCUT2D eigenvalue weighted by molar-refractivity contribution is -0.139. The number of hydrogen-bond acceptors (Lipinski definition) is 4. The molecule has 2 saturated heterocycles. The first-order chi connectivity index (χ1) is 9.20. The molecular weight excluding hydrogens is 246 g/mol. The molecule has 19 heavy (non-hydrogen) atoms. The van der Waals surface area contributed by atoms with E-state index in [-0.39, 0.29) is 23.5 Å². The van der Waals surface area contributed by atoms with Crippen LogP contribution in [0.2, 0.25) is 0 Å². The van der Waals surface area contributed by atoms with E-state index >= 15 is 0 Å². The molecule has 102 valence electrons. The van der Waals surface area contributed by atoms with Crippen molar-refractivity contribution in [1.82, 2.24) is 15.0 Å². The third-order valence-corrected chi connectivity index (χ3v) is 4.16. The van der Waals surface area contributed by atoms with Crippen LogP contribution in [0, 0.1) is 11.8 Å². The molecule has 2 atom stereocenters. The molecule has 1 aromatic rings. The lowest BCUT2D eigenvalue weighted by Gasteiger charge is -2.32. The Balaban J connectivity index is 1.73. The Morgan fingerprint density at radius 3 is 3.05 bits per heavy atom. The van der Waals surface area contributed by atoms with Crippen LogP contribution in [0.1, 0.15) is 23.9 Å².